The number of hydrogen-bond donors (Lipinski definition) is 1. The first-order valence-electron chi connectivity index (χ1n) is 11.1. The SMILES string of the molecule is CCC1=C[C@H](C)C2OC1c1nc(CC)c3c4c(cnc2c14)C1C[C@H](CO)CC3O1. The van der Waals surface area contributed by atoms with Crippen molar-refractivity contribution in [2.75, 3.05) is 6.61 Å². The number of aliphatic hydroxyl groups excluding tert-OH is 1. The van der Waals surface area contributed by atoms with Crippen molar-refractivity contribution in [1.29, 1.82) is 0 Å². The van der Waals surface area contributed by atoms with Crippen molar-refractivity contribution in [3.63, 3.8) is 0 Å². The summed E-state index contributed by atoms with van der Waals surface area (Å²) in [5.41, 5.74) is 6.98. The lowest BCUT2D eigenvalue weighted by Gasteiger charge is -2.44. The highest BCUT2D eigenvalue weighted by Gasteiger charge is 2.45. The van der Waals surface area contributed by atoms with Gasteiger partial charge in [0.05, 0.1) is 23.6 Å². The molecular weight excluding hydrogens is 364 g/mol. The normalized spacial score (nSPS) is 34.3. The Balaban J connectivity index is 1.68. The Morgan fingerprint density at radius 2 is 1.90 bits per heavy atom. The smallest absolute Gasteiger partial charge is 0.122 e. The van der Waals surface area contributed by atoms with E-state index < -0.39 is 0 Å². The van der Waals surface area contributed by atoms with Crippen molar-refractivity contribution in [3.05, 3.63) is 46.1 Å². The van der Waals surface area contributed by atoms with E-state index in [4.69, 9.17) is 19.4 Å². The number of ether oxygens (including phenoxy) is 2. The predicted molar refractivity (Wildman–Crippen MR) is 109 cm³/mol. The molecule has 0 spiro atoms. The van der Waals surface area contributed by atoms with Crippen LogP contribution in [0.25, 0.3) is 10.8 Å². The first-order valence-corrected chi connectivity index (χ1v) is 11.1. The Hall–Kier alpha value is -1.82. The molecule has 4 bridgehead atoms. The van der Waals surface area contributed by atoms with E-state index in [1.807, 2.05) is 6.20 Å². The second-order valence-electron chi connectivity index (χ2n) is 9.08. The number of hydrogen-bond acceptors (Lipinski definition) is 5. The molecule has 152 valence electrons. The molecule has 6 atom stereocenters. The summed E-state index contributed by atoms with van der Waals surface area (Å²) in [6.45, 7) is 6.82. The standard InChI is InChI=1S/C24H28N2O3/c1-4-13-6-11(3)23-21-20-18-14(9-25-21)16-7-12(10-27)8-17(28-16)19(18)15(5-2)26-22(20)24(13)29-23/h6,9,11-12,16-17,23-24,27H,4-5,7-8,10H2,1-3H3/t11-,12-,16?,17?,23?,24?/m0/s1. The van der Waals surface area contributed by atoms with Crippen LogP contribution in [0.1, 0.15) is 92.7 Å². The summed E-state index contributed by atoms with van der Waals surface area (Å²) in [6, 6.07) is 0. The largest absolute Gasteiger partial charge is 0.396 e. The van der Waals surface area contributed by atoms with E-state index in [2.05, 4.69) is 26.8 Å². The van der Waals surface area contributed by atoms with Crippen molar-refractivity contribution in [1.82, 2.24) is 9.97 Å². The summed E-state index contributed by atoms with van der Waals surface area (Å²) >= 11 is 0. The summed E-state index contributed by atoms with van der Waals surface area (Å²) in [6.07, 6.45) is 7.93. The van der Waals surface area contributed by atoms with Gasteiger partial charge in [0, 0.05) is 46.3 Å². The number of fused-ring (bicyclic) bond motifs is 8. The van der Waals surface area contributed by atoms with Gasteiger partial charge in [0.25, 0.3) is 0 Å². The van der Waals surface area contributed by atoms with Crippen LogP contribution in [0.3, 0.4) is 0 Å². The second-order valence-corrected chi connectivity index (χ2v) is 9.08. The van der Waals surface area contributed by atoms with Gasteiger partial charge in [-0.2, -0.15) is 0 Å². The summed E-state index contributed by atoms with van der Waals surface area (Å²) in [5, 5.41) is 12.4. The molecule has 6 rings (SSSR count). The maximum absolute atomic E-state index is 9.84. The molecule has 4 unspecified atom stereocenters. The van der Waals surface area contributed by atoms with E-state index in [-0.39, 0.29) is 36.9 Å². The molecule has 0 aliphatic carbocycles. The Bertz CT molecular complexity index is 1050. The van der Waals surface area contributed by atoms with Crippen LogP contribution in [0.4, 0.5) is 0 Å². The van der Waals surface area contributed by atoms with Gasteiger partial charge in [-0.25, -0.2) is 0 Å². The van der Waals surface area contributed by atoms with Gasteiger partial charge in [0.15, 0.2) is 0 Å². The van der Waals surface area contributed by atoms with Gasteiger partial charge in [-0.1, -0.05) is 26.8 Å². The van der Waals surface area contributed by atoms with Crippen molar-refractivity contribution in [3.8, 4) is 0 Å². The second kappa shape index (κ2) is 6.34. The number of rotatable bonds is 3. The molecule has 29 heavy (non-hydrogen) atoms. The zero-order valence-corrected chi connectivity index (χ0v) is 17.3. The molecule has 1 fully saturated rings. The fourth-order valence-electron chi connectivity index (χ4n) is 6.04. The molecule has 4 aliphatic heterocycles. The van der Waals surface area contributed by atoms with Crippen molar-refractivity contribution in [2.45, 2.75) is 70.9 Å². The quantitative estimate of drug-likeness (QED) is 0.760. The number of nitrogens with zero attached hydrogens (tertiary/aromatic N) is 2. The zero-order chi connectivity index (χ0) is 19.9. The lowest BCUT2D eigenvalue weighted by atomic mass is 9.76. The van der Waals surface area contributed by atoms with Crippen LogP contribution in [0.5, 0.6) is 0 Å². The lowest BCUT2D eigenvalue weighted by Crippen LogP contribution is -2.33. The third kappa shape index (κ3) is 2.32. The van der Waals surface area contributed by atoms with Gasteiger partial charge in [0.2, 0.25) is 0 Å². The van der Waals surface area contributed by atoms with E-state index in [9.17, 15) is 5.11 Å². The van der Waals surface area contributed by atoms with Crippen molar-refractivity contribution in [2.24, 2.45) is 11.8 Å². The van der Waals surface area contributed by atoms with Crippen molar-refractivity contribution < 1.29 is 14.6 Å². The Morgan fingerprint density at radius 1 is 1.07 bits per heavy atom. The molecule has 0 radical (unpaired) electrons. The number of aliphatic hydroxyl groups is 1. The highest BCUT2D eigenvalue weighted by atomic mass is 16.5. The van der Waals surface area contributed by atoms with Gasteiger partial charge in [-0.3, -0.25) is 9.97 Å². The van der Waals surface area contributed by atoms with Gasteiger partial charge < -0.3 is 14.6 Å². The monoisotopic (exact) mass is 392 g/mol. The molecule has 1 N–H and O–H groups in total. The summed E-state index contributed by atoms with van der Waals surface area (Å²) < 4.78 is 13.0. The van der Waals surface area contributed by atoms with Crippen LogP contribution in [0.2, 0.25) is 0 Å². The van der Waals surface area contributed by atoms with Crippen molar-refractivity contribution >= 4 is 10.8 Å². The molecule has 0 aromatic carbocycles. The minimum Gasteiger partial charge on any atom is -0.396 e. The maximum Gasteiger partial charge on any atom is 0.122 e. The third-order valence-electron chi connectivity index (χ3n) is 7.41. The first-order chi connectivity index (χ1) is 14.1. The maximum atomic E-state index is 9.84. The van der Waals surface area contributed by atoms with Crippen LogP contribution in [0.15, 0.2) is 17.8 Å². The average Bonchev–Trinajstić information content (AvgIpc) is 2.76. The highest BCUT2D eigenvalue weighted by Crippen LogP contribution is 2.56. The van der Waals surface area contributed by atoms with Crippen LogP contribution in [-0.4, -0.2) is 21.7 Å². The van der Waals surface area contributed by atoms with Crippen LogP contribution >= 0.6 is 0 Å². The van der Waals surface area contributed by atoms with Gasteiger partial charge in [0.1, 0.15) is 12.2 Å². The number of aryl methyl sites for hydroxylation is 1. The fraction of sp³-hybridized carbons (Fsp3) is 0.583. The molecule has 6 heterocycles. The van der Waals surface area contributed by atoms with E-state index in [1.165, 1.54) is 27.5 Å². The molecule has 0 saturated carbocycles. The molecular formula is C24H28N2O3. The third-order valence-corrected chi connectivity index (χ3v) is 7.41. The van der Waals surface area contributed by atoms with E-state index >= 15 is 0 Å². The van der Waals surface area contributed by atoms with E-state index in [0.717, 1.165) is 42.8 Å². The number of aromatic nitrogens is 2. The van der Waals surface area contributed by atoms with Gasteiger partial charge >= 0.3 is 0 Å². The minimum atomic E-state index is -0.0574. The molecule has 5 nitrogen and oxygen atoms in total. The molecule has 5 heteroatoms. The van der Waals surface area contributed by atoms with Gasteiger partial charge in [-0.15, -0.1) is 0 Å². The first kappa shape index (κ1) is 18.0. The molecule has 2 aromatic rings. The molecule has 0 amide bonds. The van der Waals surface area contributed by atoms with Crippen LogP contribution in [0, 0.1) is 11.8 Å². The molecule has 1 saturated heterocycles. The highest BCUT2D eigenvalue weighted by molar-refractivity contribution is 5.95. The Labute approximate surface area is 171 Å². The van der Waals surface area contributed by atoms with Crippen LogP contribution < -0.4 is 0 Å². The fourth-order valence-corrected chi connectivity index (χ4v) is 6.04. The summed E-state index contributed by atoms with van der Waals surface area (Å²) in [5.74, 6) is 0.582. The zero-order valence-electron chi connectivity index (χ0n) is 17.3. The van der Waals surface area contributed by atoms with Gasteiger partial charge in [-0.05, 0) is 37.2 Å². The Morgan fingerprint density at radius 3 is 2.66 bits per heavy atom. The average molecular weight is 392 g/mol. The number of pyridine rings is 2. The molecule has 4 aliphatic rings. The Kier molecular flexibility index (Phi) is 3.93. The van der Waals surface area contributed by atoms with E-state index in [0.29, 0.717) is 5.92 Å². The summed E-state index contributed by atoms with van der Waals surface area (Å²) in [7, 11) is 0. The van der Waals surface area contributed by atoms with Crippen LogP contribution in [-0.2, 0) is 15.9 Å². The molecule has 2 aromatic heterocycles. The van der Waals surface area contributed by atoms with E-state index in [1.54, 1.807) is 0 Å². The summed E-state index contributed by atoms with van der Waals surface area (Å²) in [4.78, 5) is 10.1. The topological polar surface area (TPSA) is 64.5 Å². The predicted octanol–water partition coefficient (Wildman–Crippen LogP) is 4.81. The lowest BCUT2D eigenvalue weighted by molar-refractivity contribution is -0.0878. The minimum absolute atomic E-state index is 0.00754.